The zero-order chi connectivity index (χ0) is 63.1. The number of imidazole rings is 1. The molecule has 1 N–H and O–H groups in total. The van der Waals surface area contributed by atoms with Gasteiger partial charge >= 0.3 is 0 Å². The average molecular weight is 910 g/mol. The van der Waals surface area contributed by atoms with Gasteiger partial charge in [0.05, 0.1) is 28.0 Å². The Morgan fingerprint density at radius 1 is 0.529 bits per heavy atom. The van der Waals surface area contributed by atoms with Gasteiger partial charge < -0.3 is 5.11 Å². The van der Waals surface area contributed by atoms with Crippen molar-refractivity contribution in [2.45, 2.75) is 98.4 Å². The second kappa shape index (κ2) is 17.9. The lowest BCUT2D eigenvalue weighted by Crippen LogP contribution is -2.17. The van der Waals surface area contributed by atoms with E-state index in [-0.39, 0.29) is 11.4 Å². The first-order valence-electron chi connectivity index (χ1n) is 31.7. The van der Waals surface area contributed by atoms with E-state index in [1.165, 1.54) is 0 Å². The van der Waals surface area contributed by atoms with Gasteiger partial charge in [-0.05, 0) is 127 Å². The molecule has 0 saturated heterocycles. The smallest absolute Gasteiger partial charge is 0.149 e. The summed E-state index contributed by atoms with van der Waals surface area (Å²) in [5.41, 5.74) is -1.76. The molecule has 0 saturated carbocycles. The fourth-order valence-corrected chi connectivity index (χ4v) is 8.91. The summed E-state index contributed by atoms with van der Waals surface area (Å²) < 4.78 is 160. The number of nitrogens with zero attached hydrogens (tertiary/aromatic N) is 3. The highest BCUT2D eigenvalue weighted by Gasteiger charge is 2.30. The Morgan fingerprint density at radius 3 is 1.82 bits per heavy atom. The van der Waals surface area contributed by atoms with Crippen LogP contribution < -0.4 is 0 Å². The molecule has 0 aliphatic carbocycles. The fraction of sp³-hybridized carbons (Fsp3) is 0.250. The number of pyridine rings is 1. The van der Waals surface area contributed by atoms with Crippen LogP contribution in [0.3, 0.4) is 0 Å². The van der Waals surface area contributed by atoms with Crippen molar-refractivity contribution in [1.29, 1.82) is 0 Å². The first kappa shape index (κ1) is 29.0. The number of fused-ring (bicyclic) bond motifs is 1. The lowest BCUT2D eigenvalue weighted by molar-refractivity contribution is 0.446. The van der Waals surface area contributed by atoms with Gasteiger partial charge in [-0.1, -0.05) is 191 Å². The molecule has 9 rings (SSSR count). The lowest BCUT2D eigenvalue weighted by atomic mass is 9.79. The predicted octanol–water partition coefficient (Wildman–Crippen LogP) is 17.2. The molecule has 0 atom stereocenters. The number of rotatable bonds is 9. The van der Waals surface area contributed by atoms with Crippen molar-refractivity contribution in [3.05, 3.63) is 192 Å². The monoisotopic (exact) mass is 910 g/mol. The molecular weight excluding hydrogens is 827 g/mol. The second-order valence-electron chi connectivity index (χ2n) is 19.1. The highest BCUT2D eigenvalue weighted by atomic mass is 16.3. The zero-order valence-electron chi connectivity index (χ0n) is 56.7. The molecule has 0 bridgehead atoms. The molecular formula is C64H65N3O. The molecule has 4 heteroatoms. The van der Waals surface area contributed by atoms with E-state index >= 15 is 0 Å². The Bertz CT molecular complexity index is 3890. The molecule has 0 spiro atoms. The van der Waals surface area contributed by atoms with Crippen molar-refractivity contribution in [3.8, 4) is 78.6 Å². The second-order valence-corrected chi connectivity index (χ2v) is 19.1. The molecule has 342 valence electrons. The third-order valence-corrected chi connectivity index (χ3v) is 12.4. The number of phenolic OH excluding ortho intramolecular Hbond substituents is 1. The van der Waals surface area contributed by atoms with Gasteiger partial charge in [0.25, 0.3) is 0 Å². The molecule has 0 fully saturated rings. The first-order chi connectivity index (χ1) is 39.8. The van der Waals surface area contributed by atoms with Gasteiger partial charge in [-0.2, -0.15) is 0 Å². The van der Waals surface area contributed by atoms with Crippen molar-refractivity contribution in [2.24, 2.45) is 5.92 Å². The predicted molar refractivity (Wildman–Crippen MR) is 288 cm³/mol. The van der Waals surface area contributed by atoms with Crippen LogP contribution in [-0.2, 0) is 22.7 Å². The number of hydrogen-bond donors (Lipinski definition) is 1. The normalized spacial score (nSPS) is 17.3. The van der Waals surface area contributed by atoms with E-state index in [2.05, 4.69) is 58.9 Å². The van der Waals surface area contributed by atoms with Crippen LogP contribution in [0.15, 0.2) is 170 Å². The molecule has 68 heavy (non-hydrogen) atoms. The maximum absolute atomic E-state index is 13.1. The van der Waals surface area contributed by atoms with Crippen molar-refractivity contribution >= 4 is 11.0 Å². The van der Waals surface area contributed by atoms with Gasteiger partial charge in [0.15, 0.2) is 0 Å². The standard InChI is InChI=1S/C64H65N3O/c1-41(2)33-42-25-30-57(53(34-42)46-21-16-13-17-22-46)67-58-24-18-23-52(59(58)66-61(67)54-39-51(63(6,7)8)40-55(60(54)68)64(9,10)11)48-35-49(37-50(36-48)62(3,4)5)56-38-47(31-32-65-56)45-28-26-44(27-29-45)43-19-14-12-15-20-43/h12-32,34-41,68H,33H2,1-11H3/i6D3,7D3,8D3,9D3,10D3,11D3. The summed E-state index contributed by atoms with van der Waals surface area (Å²) in [4.78, 5) is 10.1. The van der Waals surface area contributed by atoms with Crippen LogP contribution in [0.5, 0.6) is 5.75 Å². The highest BCUT2D eigenvalue weighted by Crippen LogP contribution is 2.46. The van der Waals surface area contributed by atoms with E-state index in [0.29, 0.717) is 51.6 Å². The molecule has 4 nitrogen and oxygen atoms in total. The number of aromatic nitrogens is 3. The van der Waals surface area contributed by atoms with Gasteiger partial charge in [0.1, 0.15) is 11.6 Å². The van der Waals surface area contributed by atoms with Crippen molar-refractivity contribution < 1.29 is 29.8 Å². The molecule has 0 radical (unpaired) electrons. The Morgan fingerprint density at radius 2 is 1.16 bits per heavy atom. The minimum atomic E-state index is -4.14. The number of benzene rings is 7. The van der Waals surface area contributed by atoms with E-state index in [1.807, 2.05) is 103 Å². The summed E-state index contributed by atoms with van der Waals surface area (Å²) >= 11 is 0. The number of para-hydroxylation sites is 1. The molecule has 2 heterocycles. The van der Waals surface area contributed by atoms with E-state index in [9.17, 15) is 5.11 Å². The van der Waals surface area contributed by atoms with Crippen LogP contribution in [0.25, 0.3) is 83.9 Å². The molecule has 0 amide bonds. The Labute approximate surface area is 429 Å². The van der Waals surface area contributed by atoms with Crippen LogP contribution >= 0.6 is 0 Å². The average Bonchev–Trinajstić information content (AvgIpc) is 0.762. The lowest BCUT2D eigenvalue weighted by Gasteiger charge is -2.27. The Balaban J connectivity index is 1.44. The summed E-state index contributed by atoms with van der Waals surface area (Å²) in [6.07, 6.45) is 2.36. The van der Waals surface area contributed by atoms with Gasteiger partial charge in [0, 0.05) is 53.1 Å². The third kappa shape index (κ3) is 9.30. The largest absolute Gasteiger partial charge is 0.507 e. The number of phenols is 1. The van der Waals surface area contributed by atoms with E-state index < -0.39 is 85.6 Å². The van der Waals surface area contributed by atoms with E-state index in [0.717, 1.165) is 45.0 Å². The summed E-state index contributed by atoms with van der Waals surface area (Å²) in [5.74, 6) is -1.55. The Kier molecular flexibility index (Phi) is 7.62. The SMILES string of the molecule is [2H]C([2H])([2H])C(c1cc(-c2nc3c(-c4cc(-c5cc(-c6ccc(-c7ccccc7)cc6)ccn5)cc(C(C)(C)C)c4)cccc3n2-c2ccc(CC(C)C)cc2-c2ccccc2)c(O)c(C(C([2H])([2H])[2H])(C([2H])([2H])[2H])C([2H])([2H])[2H])c1)(C([2H])([2H])[2H])C([2H])([2H])[2H]. The number of aromatic hydroxyl groups is 1. The van der Waals surface area contributed by atoms with Crippen LogP contribution in [0.4, 0.5) is 0 Å². The maximum atomic E-state index is 13.1. The maximum Gasteiger partial charge on any atom is 0.149 e. The quantitative estimate of drug-likeness (QED) is 0.157. The van der Waals surface area contributed by atoms with Crippen LogP contribution in [0, 0.1) is 5.92 Å². The minimum Gasteiger partial charge on any atom is -0.507 e. The topological polar surface area (TPSA) is 50.9 Å². The van der Waals surface area contributed by atoms with Gasteiger partial charge in [-0.15, -0.1) is 0 Å². The van der Waals surface area contributed by atoms with Gasteiger partial charge in [-0.3, -0.25) is 9.55 Å². The third-order valence-electron chi connectivity index (χ3n) is 12.4. The summed E-state index contributed by atoms with van der Waals surface area (Å²) in [5, 5.41) is 13.1. The summed E-state index contributed by atoms with van der Waals surface area (Å²) in [7, 11) is 0. The van der Waals surface area contributed by atoms with Gasteiger partial charge in [-0.25, -0.2) is 4.98 Å². The van der Waals surface area contributed by atoms with Crippen molar-refractivity contribution in [2.75, 3.05) is 0 Å². The molecule has 2 aromatic heterocycles. The molecule has 0 aliphatic rings. The van der Waals surface area contributed by atoms with Crippen LogP contribution in [0.1, 0.15) is 123 Å². The molecule has 0 unspecified atom stereocenters. The summed E-state index contributed by atoms with van der Waals surface area (Å²) in [6, 6.07) is 49.2. The Hall–Kier alpha value is -7.04. The van der Waals surface area contributed by atoms with E-state index in [4.69, 9.17) is 34.6 Å². The molecule has 0 aliphatic heterocycles. The van der Waals surface area contributed by atoms with Crippen molar-refractivity contribution in [3.63, 3.8) is 0 Å². The van der Waals surface area contributed by atoms with E-state index in [1.54, 1.807) is 35.0 Å². The van der Waals surface area contributed by atoms with Gasteiger partial charge in [0.2, 0.25) is 0 Å². The first-order valence-corrected chi connectivity index (χ1v) is 22.7. The zero-order valence-corrected chi connectivity index (χ0v) is 38.7. The van der Waals surface area contributed by atoms with Crippen LogP contribution in [0.2, 0.25) is 0 Å². The number of hydrogen-bond acceptors (Lipinski definition) is 3. The fourth-order valence-electron chi connectivity index (χ4n) is 8.91. The molecule has 9 aromatic rings. The van der Waals surface area contributed by atoms with Crippen molar-refractivity contribution in [1.82, 2.24) is 14.5 Å². The summed E-state index contributed by atoms with van der Waals surface area (Å²) in [6.45, 7) is -14.3. The molecule has 7 aromatic carbocycles. The minimum absolute atomic E-state index is 0.192. The highest BCUT2D eigenvalue weighted by molar-refractivity contribution is 5.98. The van der Waals surface area contributed by atoms with Crippen LogP contribution in [-0.4, -0.2) is 19.6 Å².